The minimum Gasteiger partial charge on any atom is -0.326 e. The summed E-state index contributed by atoms with van der Waals surface area (Å²) in [5.74, 6) is -1.37. The van der Waals surface area contributed by atoms with Gasteiger partial charge in [0.1, 0.15) is 10.7 Å². The Kier molecular flexibility index (Phi) is 7.42. The first kappa shape index (κ1) is 24.4. The van der Waals surface area contributed by atoms with Crippen LogP contribution in [0.4, 0.5) is 26.2 Å². The fourth-order valence-corrected chi connectivity index (χ4v) is 5.38. The number of carbonyl (C=O) groups excluding carboxylic acids is 2. The number of piperidine rings is 1. The first-order valence-corrected chi connectivity index (χ1v) is 12.6. The third kappa shape index (κ3) is 6.03. The summed E-state index contributed by atoms with van der Waals surface area (Å²) in [6, 6.07) is 20.6. The second-order valence-corrected chi connectivity index (χ2v) is 10.0. The Morgan fingerprint density at radius 3 is 1.86 bits per heavy atom. The molecule has 3 aromatic carbocycles. The van der Waals surface area contributed by atoms with Gasteiger partial charge in [-0.25, -0.2) is 17.6 Å². The van der Waals surface area contributed by atoms with Crippen LogP contribution in [0, 0.1) is 11.7 Å². The lowest BCUT2D eigenvalue weighted by Gasteiger charge is -2.30. The highest BCUT2D eigenvalue weighted by Crippen LogP contribution is 2.26. The molecule has 35 heavy (non-hydrogen) atoms. The van der Waals surface area contributed by atoms with Gasteiger partial charge in [0, 0.05) is 36.1 Å². The molecule has 0 saturated carbocycles. The van der Waals surface area contributed by atoms with Gasteiger partial charge in [0.25, 0.3) is 0 Å². The van der Waals surface area contributed by atoms with Gasteiger partial charge in [-0.1, -0.05) is 30.3 Å². The highest BCUT2D eigenvalue weighted by molar-refractivity contribution is 7.89. The van der Waals surface area contributed by atoms with Crippen molar-refractivity contribution in [1.29, 1.82) is 0 Å². The van der Waals surface area contributed by atoms with E-state index in [9.17, 15) is 22.4 Å². The van der Waals surface area contributed by atoms with Gasteiger partial charge in [-0.15, -0.1) is 0 Å². The molecule has 1 aliphatic rings. The molecule has 0 radical (unpaired) electrons. The molecule has 1 saturated heterocycles. The molecular weight excluding hydrogens is 471 g/mol. The quantitative estimate of drug-likeness (QED) is 0.467. The zero-order valence-corrected chi connectivity index (χ0v) is 19.6. The van der Waals surface area contributed by atoms with E-state index in [0.29, 0.717) is 29.9 Å². The van der Waals surface area contributed by atoms with Crippen LogP contribution in [0.2, 0.25) is 0 Å². The van der Waals surface area contributed by atoms with Crippen LogP contribution in [0.3, 0.4) is 0 Å². The topological polar surface area (TPSA) is 108 Å². The highest BCUT2D eigenvalue weighted by Gasteiger charge is 2.33. The molecule has 0 unspecified atom stereocenters. The SMILES string of the molecule is O=C(Nc1ccccc1)Nc1ccc(NC(=O)C2CCN(S(=O)(=O)c3ccccc3F)CC2)cc1. The van der Waals surface area contributed by atoms with Crippen LogP contribution in [0.1, 0.15) is 12.8 Å². The first-order chi connectivity index (χ1) is 16.8. The van der Waals surface area contributed by atoms with Crippen molar-refractivity contribution in [3.05, 3.63) is 84.7 Å². The summed E-state index contributed by atoms with van der Waals surface area (Å²) in [5, 5.41) is 8.27. The third-order valence-corrected chi connectivity index (χ3v) is 7.65. The molecule has 0 spiro atoms. The third-order valence-electron chi connectivity index (χ3n) is 5.72. The standard InChI is InChI=1S/C25H25FN4O4S/c26-22-8-4-5-9-23(22)35(33,34)30-16-14-18(15-17-30)24(31)27-20-10-12-21(13-11-20)29-25(32)28-19-6-2-1-3-7-19/h1-13,18H,14-17H2,(H,27,31)(H2,28,29,32). The lowest BCUT2D eigenvalue weighted by molar-refractivity contribution is -0.120. The predicted octanol–water partition coefficient (Wildman–Crippen LogP) is 4.51. The van der Waals surface area contributed by atoms with Gasteiger partial charge < -0.3 is 16.0 Å². The second kappa shape index (κ2) is 10.7. The predicted molar refractivity (Wildman–Crippen MR) is 132 cm³/mol. The molecule has 182 valence electrons. The zero-order valence-electron chi connectivity index (χ0n) is 18.8. The maximum Gasteiger partial charge on any atom is 0.323 e. The molecule has 1 aliphatic heterocycles. The number of benzene rings is 3. The van der Waals surface area contributed by atoms with E-state index in [1.807, 2.05) is 18.2 Å². The average molecular weight is 497 g/mol. The van der Waals surface area contributed by atoms with Crippen molar-refractivity contribution in [3.8, 4) is 0 Å². The number of nitrogens with one attached hydrogen (secondary N) is 3. The van der Waals surface area contributed by atoms with Crippen LogP contribution < -0.4 is 16.0 Å². The Hall–Kier alpha value is -3.76. The van der Waals surface area contributed by atoms with E-state index < -0.39 is 15.8 Å². The molecule has 1 fully saturated rings. The van der Waals surface area contributed by atoms with Crippen LogP contribution in [0.25, 0.3) is 0 Å². The number of halogens is 1. The molecular formula is C25H25FN4O4S. The zero-order chi connectivity index (χ0) is 24.8. The van der Waals surface area contributed by atoms with E-state index in [1.165, 1.54) is 22.5 Å². The molecule has 10 heteroatoms. The summed E-state index contributed by atoms with van der Waals surface area (Å²) in [7, 11) is -3.95. The van der Waals surface area contributed by atoms with E-state index in [0.717, 1.165) is 6.07 Å². The van der Waals surface area contributed by atoms with Crippen LogP contribution in [0.15, 0.2) is 83.8 Å². The molecule has 3 N–H and O–H groups in total. The van der Waals surface area contributed by atoms with Crippen molar-refractivity contribution in [2.75, 3.05) is 29.0 Å². The fourth-order valence-electron chi connectivity index (χ4n) is 3.85. The van der Waals surface area contributed by atoms with E-state index in [2.05, 4.69) is 16.0 Å². The maximum absolute atomic E-state index is 14.0. The van der Waals surface area contributed by atoms with Gasteiger partial charge in [0.2, 0.25) is 15.9 Å². The van der Waals surface area contributed by atoms with Crippen LogP contribution in [0.5, 0.6) is 0 Å². The van der Waals surface area contributed by atoms with E-state index >= 15 is 0 Å². The number of para-hydroxylation sites is 1. The largest absolute Gasteiger partial charge is 0.326 e. The van der Waals surface area contributed by atoms with Gasteiger partial charge in [-0.05, 0) is 61.4 Å². The summed E-state index contributed by atoms with van der Waals surface area (Å²) in [4.78, 5) is 24.4. The van der Waals surface area contributed by atoms with Gasteiger partial charge >= 0.3 is 6.03 Å². The Bertz CT molecular complexity index is 1290. The molecule has 0 aliphatic carbocycles. The van der Waals surface area contributed by atoms with Crippen LogP contribution in [-0.4, -0.2) is 37.8 Å². The molecule has 8 nitrogen and oxygen atoms in total. The summed E-state index contributed by atoms with van der Waals surface area (Å²) < 4.78 is 40.7. The van der Waals surface area contributed by atoms with Gasteiger partial charge in [-0.3, -0.25) is 4.79 Å². The van der Waals surface area contributed by atoms with Crippen LogP contribution >= 0.6 is 0 Å². The first-order valence-electron chi connectivity index (χ1n) is 11.1. The van der Waals surface area contributed by atoms with E-state index in [1.54, 1.807) is 36.4 Å². The molecule has 4 rings (SSSR count). The Morgan fingerprint density at radius 2 is 1.26 bits per heavy atom. The summed E-state index contributed by atoms with van der Waals surface area (Å²) in [5.41, 5.74) is 1.79. The van der Waals surface area contributed by atoms with Crippen molar-refractivity contribution >= 4 is 39.0 Å². The number of hydrogen-bond acceptors (Lipinski definition) is 4. The molecule has 0 bridgehead atoms. The van der Waals surface area contributed by atoms with Crippen molar-refractivity contribution < 1.29 is 22.4 Å². The molecule has 3 aromatic rings. The lowest BCUT2D eigenvalue weighted by Crippen LogP contribution is -2.41. The van der Waals surface area contributed by atoms with E-state index in [-0.39, 0.29) is 35.8 Å². The molecule has 0 atom stereocenters. The van der Waals surface area contributed by atoms with Gasteiger partial charge in [-0.2, -0.15) is 4.31 Å². The maximum atomic E-state index is 14.0. The molecule has 0 aromatic heterocycles. The van der Waals surface area contributed by atoms with Gasteiger partial charge in [0.15, 0.2) is 0 Å². The number of nitrogens with zero attached hydrogens (tertiary/aromatic N) is 1. The number of amides is 3. The van der Waals surface area contributed by atoms with Crippen LogP contribution in [-0.2, 0) is 14.8 Å². The van der Waals surface area contributed by atoms with Crippen molar-refractivity contribution in [3.63, 3.8) is 0 Å². The lowest BCUT2D eigenvalue weighted by atomic mass is 9.97. The molecule has 3 amide bonds. The Labute approximate surface area is 203 Å². The summed E-state index contributed by atoms with van der Waals surface area (Å²) >= 11 is 0. The number of urea groups is 1. The Balaban J connectivity index is 1.28. The minimum absolute atomic E-state index is 0.133. The average Bonchev–Trinajstić information content (AvgIpc) is 2.86. The Morgan fingerprint density at radius 1 is 0.743 bits per heavy atom. The second-order valence-electron chi connectivity index (χ2n) is 8.12. The summed E-state index contributed by atoms with van der Waals surface area (Å²) in [6.07, 6.45) is 0.664. The normalized spacial score (nSPS) is 14.8. The van der Waals surface area contributed by atoms with Crippen molar-refractivity contribution in [2.45, 2.75) is 17.7 Å². The monoisotopic (exact) mass is 496 g/mol. The van der Waals surface area contributed by atoms with Gasteiger partial charge in [0.05, 0.1) is 0 Å². The van der Waals surface area contributed by atoms with E-state index in [4.69, 9.17) is 0 Å². The van der Waals surface area contributed by atoms with Crippen molar-refractivity contribution in [2.24, 2.45) is 5.92 Å². The van der Waals surface area contributed by atoms with Crippen molar-refractivity contribution in [1.82, 2.24) is 4.31 Å². The highest BCUT2D eigenvalue weighted by atomic mass is 32.2. The number of carbonyl (C=O) groups is 2. The number of anilines is 3. The fraction of sp³-hybridized carbons (Fsp3) is 0.200. The number of sulfonamides is 1. The number of hydrogen-bond donors (Lipinski definition) is 3. The minimum atomic E-state index is -3.95. The summed E-state index contributed by atoms with van der Waals surface area (Å²) in [6.45, 7) is 0.266. The number of rotatable bonds is 6. The molecule has 1 heterocycles. The smallest absolute Gasteiger partial charge is 0.323 e.